The second-order valence-electron chi connectivity index (χ2n) is 9.91. The fraction of sp³-hybridized carbons (Fsp3) is 0.242. The summed E-state index contributed by atoms with van der Waals surface area (Å²) >= 11 is 9.44. The van der Waals surface area contributed by atoms with Crippen LogP contribution < -0.4 is 24.4 Å². The molecule has 222 valence electrons. The molecular weight excluding hydrogens is 604 g/mol. The third-order valence-electron chi connectivity index (χ3n) is 6.71. The maximum atomic E-state index is 14.2. The van der Waals surface area contributed by atoms with Crippen LogP contribution in [0.3, 0.4) is 0 Å². The van der Waals surface area contributed by atoms with Crippen LogP contribution in [0, 0.1) is 0 Å². The van der Waals surface area contributed by atoms with Crippen LogP contribution >= 0.6 is 34.7 Å². The zero-order valence-corrected chi connectivity index (χ0v) is 26.8. The van der Waals surface area contributed by atoms with Gasteiger partial charge >= 0.3 is 5.97 Å². The number of aromatic nitrogens is 1. The van der Waals surface area contributed by atoms with Crippen molar-refractivity contribution in [2.45, 2.75) is 37.8 Å². The van der Waals surface area contributed by atoms with Crippen molar-refractivity contribution >= 4 is 52.4 Å². The minimum atomic E-state index is -0.747. The number of methoxy groups -OCH3 is 1. The van der Waals surface area contributed by atoms with E-state index in [2.05, 4.69) is 0 Å². The normalized spacial score (nSPS) is 14.9. The van der Waals surface area contributed by atoms with Gasteiger partial charge in [-0.25, -0.2) is 9.79 Å². The van der Waals surface area contributed by atoms with Gasteiger partial charge in [0.25, 0.3) is 5.56 Å². The number of benzene rings is 3. The van der Waals surface area contributed by atoms with Crippen LogP contribution in [0.25, 0.3) is 11.8 Å². The lowest BCUT2D eigenvalue weighted by molar-refractivity contribution is -0.138. The monoisotopic (exact) mass is 634 g/mol. The Labute approximate surface area is 263 Å². The Balaban J connectivity index is 1.77. The molecular formula is C33H31ClN2O5S2. The van der Waals surface area contributed by atoms with E-state index in [1.165, 1.54) is 11.3 Å². The molecule has 1 aromatic heterocycles. The van der Waals surface area contributed by atoms with Gasteiger partial charge in [-0.05, 0) is 68.5 Å². The van der Waals surface area contributed by atoms with Crippen molar-refractivity contribution in [3.05, 3.63) is 114 Å². The van der Waals surface area contributed by atoms with E-state index in [-0.39, 0.29) is 18.3 Å². The van der Waals surface area contributed by atoms with Crippen LogP contribution in [0.4, 0.5) is 0 Å². The first-order chi connectivity index (χ1) is 20.7. The Morgan fingerprint density at radius 3 is 2.49 bits per heavy atom. The van der Waals surface area contributed by atoms with Crippen molar-refractivity contribution in [2.75, 3.05) is 20.0 Å². The first-order valence-electron chi connectivity index (χ1n) is 13.7. The predicted molar refractivity (Wildman–Crippen MR) is 173 cm³/mol. The summed E-state index contributed by atoms with van der Waals surface area (Å²) < 4.78 is 19.0. The molecule has 3 aromatic carbocycles. The number of fused-ring (bicyclic) bond motifs is 1. The summed E-state index contributed by atoms with van der Waals surface area (Å²) in [5.74, 6) is 0.386. The Hall–Kier alpha value is -3.79. The summed E-state index contributed by atoms with van der Waals surface area (Å²) in [6.45, 7) is 5.76. The van der Waals surface area contributed by atoms with E-state index in [1.807, 2.05) is 74.7 Å². The Bertz CT molecular complexity index is 1860. The third-order valence-corrected chi connectivity index (χ3v) is 8.72. The molecule has 5 rings (SSSR count). The highest BCUT2D eigenvalue weighted by Gasteiger charge is 2.35. The fourth-order valence-corrected chi connectivity index (χ4v) is 6.54. The molecule has 0 bridgehead atoms. The molecule has 0 unspecified atom stereocenters. The van der Waals surface area contributed by atoms with E-state index in [9.17, 15) is 9.59 Å². The molecule has 1 atom stereocenters. The van der Waals surface area contributed by atoms with Gasteiger partial charge in [-0.1, -0.05) is 65.4 Å². The van der Waals surface area contributed by atoms with Crippen molar-refractivity contribution < 1.29 is 19.0 Å². The number of hydrogen-bond acceptors (Lipinski definition) is 8. The highest BCUT2D eigenvalue weighted by molar-refractivity contribution is 7.98. The maximum absolute atomic E-state index is 14.2. The number of esters is 1. The second kappa shape index (κ2) is 13.2. The fourth-order valence-electron chi connectivity index (χ4n) is 4.87. The molecule has 4 aromatic rings. The van der Waals surface area contributed by atoms with Crippen LogP contribution in [-0.2, 0) is 9.53 Å². The highest BCUT2D eigenvalue weighted by Crippen LogP contribution is 2.38. The van der Waals surface area contributed by atoms with Gasteiger partial charge < -0.3 is 14.2 Å². The van der Waals surface area contributed by atoms with Crippen LogP contribution in [0.5, 0.6) is 11.5 Å². The average molecular weight is 635 g/mol. The molecule has 0 N–H and O–H groups in total. The molecule has 0 aliphatic carbocycles. The van der Waals surface area contributed by atoms with Crippen molar-refractivity contribution in [1.82, 2.24) is 4.57 Å². The molecule has 1 aliphatic rings. The minimum absolute atomic E-state index is 0.0988. The molecule has 10 heteroatoms. The molecule has 43 heavy (non-hydrogen) atoms. The lowest BCUT2D eigenvalue weighted by atomic mass is 9.93. The topological polar surface area (TPSA) is 79.1 Å². The number of ether oxygens (including phenoxy) is 3. The zero-order valence-electron chi connectivity index (χ0n) is 24.4. The number of thiazole rings is 1. The minimum Gasteiger partial charge on any atom is -0.493 e. The summed E-state index contributed by atoms with van der Waals surface area (Å²) in [6.07, 6.45) is 3.65. The first kappa shape index (κ1) is 30.7. The van der Waals surface area contributed by atoms with E-state index in [1.54, 1.807) is 48.6 Å². The standard InChI is InChI=1S/C33H31ClN2O5S2/c1-6-40-32(38)27-28(21-10-8-7-9-11-21)35-33-36(29(27)22-12-14-23(42-5)15-13-22)31(37)26(43-33)18-20-16-24(34)30(41-19(2)3)25(17-20)39-4/h7-19,29H,6H2,1-5H3/b26-18-/t29-/m1/s1. The quantitative estimate of drug-likeness (QED) is 0.163. The number of rotatable bonds is 9. The van der Waals surface area contributed by atoms with E-state index in [4.69, 9.17) is 30.8 Å². The van der Waals surface area contributed by atoms with Crippen LogP contribution in [0.2, 0.25) is 5.02 Å². The number of nitrogens with zero attached hydrogens (tertiary/aromatic N) is 2. The molecule has 0 amide bonds. The average Bonchev–Trinajstić information content (AvgIpc) is 3.32. The predicted octanol–water partition coefficient (Wildman–Crippen LogP) is 6.11. The number of halogens is 1. The molecule has 7 nitrogen and oxygen atoms in total. The summed E-state index contributed by atoms with van der Waals surface area (Å²) in [5, 5.41) is 0.370. The number of thioether (sulfide) groups is 1. The lowest BCUT2D eigenvalue weighted by Crippen LogP contribution is -2.40. The first-order valence-corrected chi connectivity index (χ1v) is 16.1. The van der Waals surface area contributed by atoms with Gasteiger partial charge in [-0.2, -0.15) is 0 Å². The van der Waals surface area contributed by atoms with E-state index in [0.717, 1.165) is 16.0 Å². The van der Waals surface area contributed by atoms with Gasteiger partial charge in [0.1, 0.15) is 0 Å². The van der Waals surface area contributed by atoms with Gasteiger partial charge in [-0.15, -0.1) is 11.8 Å². The van der Waals surface area contributed by atoms with Crippen molar-refractivity contribution in [2.24, 2.45) is 4.99 Å². The van der Waals surface area contributed by atoms with Gasteiger partial charge in [-0.3, -0.25) is 9.36 Å². The number of hydrogen-bond donors (Lipinski definition) is 0. The maximum Gasteiger partial charge on any atom is 0.338 e. The third kappa shape index (κ3) is 6.30. The Kier molecular flexibility index (Phi) is 9.44. The number of carbonyl (C=O) groups is 1. The molecule has 2 heterocycles. The van der Waals surface area contributed by atoms with Crippen LogP contribution in [0.1, 0.15) is 43.5 Å². The smallest absolute Gasteiger partial charge is 0.338 e. The second-order valence-corrected chi connectivity index (χ2v) is 12.2. The van der Waals surface area contributed by atoms with Crippen LogP contribution in [-0.4, -0.2) is 36.6 Å². The van der Waals surface area contributed by atoms with Crippen molar-refractivity contribution in [1.29, 1.82) is 0 Å². The largest absolute Gasteiger partial charge is 0.493 e. The summed E-state index contributed by atoms with van der Waals surface area (Å²) in [4.78, 5) is 34.2. The molecule has 0 radical (unpaired) electrons. The van der Waals surface area contributed by atoms with Gasteiger partial charge in [0.2, 0.25) is 0 Å². The summed E-state index contributed by atoms with van der Waals surface area (Å²) in [5.41, 5.74) is 2.70. The van der Waals surface area contributed by atoms with E-state index >= 15 is 0 Å². The van der Waals surface area contributed by atoms with Gasteiger partial charge in [0, 0.05) is 10.5 Å². The van der Waals surface area contributed by atoms with Gasteiger partial charge in [0.05, 0.1) is 46.7 Å². The number of carbonyl (C=O) groups excluding carboxylic acids is 1. The molecule has 0 spiro atoms. The van der Waals surface area contributed by atoms with Crippen LogP contribution in [0.15, 0.2) is 87.0 Å². The van der Waals surface area contributed by atoms with Gasteiger partial charge in [0.15, 0.2) is 16.3 Å². The molecule has 0 saturated carbocycles. The van der Waals surface area contributed by atoms with Crippen molar-refractivity contribution in [3.63, 3.8) is 0 Å². The lowest BCUT2D eigenvalue weighted by Gasteiger charge is -2.26. The van der Waals surface area contributed by atoms with E-state index in [0.29, 0.717) is 42.7 Å². The van der Waals surface area contributed by atoms with Crippen molar-refractivity contribution in [3.8, 4) is 11.5 Å². The molecule has 1 aliphatic heterocycles. The zero-order chi connectivity index (χ0) is 30.7. The summed E-state index contributed by atoms with van der Waals surface area (Å²) in [6, 6.07) is 20.1. The highest BCUT2D eigenvalue weighted by atomic mass is 35.5. The van der Waals surface area contributed by atoms with E-state index < -0.39 is 12.0 Å². The summed E-state index contributed by atoms with van der Waals surface area (Å²) in [7, 11) is 1.54. The Morgan fingerprint density at radius 1 is 1.14 bits per heavy atom. The Morgan fingerprint density at radius 2 is 1.86 bits per heavy atom. The SMILES string of the molecule is CCOC(=O)C1=C(c2ccccc2)N=c2s/c(=C\c3cc(Cl)c(OC(C)C)c(OC)c3)c(=O)n2[C@@H]1c1ccc(SC)cc1. The molecule has 0 saturated heterocycles. The molecule has 0 fully saturated rings.